The molecule has 21 nitrogen and oxygen atoms in total. The fraction of sp³-hybridized carbons (Fsp3) is 0.653. The molecule has 0 bridgehead atoms. The normalized spacial score (nSPS) is 18.4. The van der Waals surface area contributed by atoms with E-state index in [2.05, 4.69) is 26.6 Å². The minimum Gasteiger partial charge on any atom is -0.494 e. The number of carboxylic acids is 1. The molecule has 5 rings (SSSR count). The Labute approximate surface area is 410 Å². The average Bonchev–Trinajstić information content (AvgIpc) is 3.80. The van der Waals surface area contributed by atoms with Crippen LogP contribution in [-0.4, -0.2) is 216 Å². The zero-order valence-corrected chi connectivity index (χ0v) is 41.7. The third-order valence-corrected chi connectivity index (χ3v) is 12.0. The second-order valence-electron chi connectivity index (χ2n) is 20.0. The third kappa shape index (κ3) is 18.1. The first-order valence-electron chi connectivity index (χ1n) is 24.3. The van der Waals surface area contributed by atoms with E-state index in [1.165, 1.54) is 11.1 Å². The van der Waals surface area contributed by atoms with Crippen LogP contribution in [0.1, 0.15) is 84.0 Å². The highest BCUT2D eigenvalue weighted by Gasteiger charge is 2.32. The highest BCUT2D eigenvalue weighted by molar-refractivity contribution is 6.07. The second kappa shape index (κ2) is 25.8. The smallest absolute Gasteiger partial charge is 0.320 e. The lowest BCUT2D eigenvalue weighted by molar-refractivity contribution is -0.158. The molecule has 3 saturated heterocycles. The zero-order valence-electron chi connectivity index (χ0n) is 41.7. The number of esters is 2. The van der Waals surface area contributed by atoms with Crippen LogP contribution >= 0.6 is 0 Å². The van der Waals surface area contributed by atoms with Gasteiger partial charge in [0.05, 0.1) is 49.9 Å². The van der Waals surface area contributed by atoms with E-state index in [-0.39, 0.29) is 62.8 Å². The lowest BCUT2D eigenvalue weighted by atomic mass is 10.1. The number of carbonyl (C=O) groups is 7. The first kappa shape index (κ1) is 55.0. The Morgan fingerprint density at radius 3 is 1.96 bits per heavy atom. The predicted molar refractivity (Wildman–Crippen MR) is 257 cm³/mol. The number of hydrogen-bond donors (Lipinski definition) is 3. The lowest BCUT2D eigenvalue weighted by Crippen LogP contribution is -2.56. The Morgan fingerprint density at radius 1 is 0.800 bits per heavy atom. The average molecular weight is 977 g/mol. The molecule has 384 valence electrons. The van der Waals surface area contributed by atoms with E-state index in [0.29, 0.717) is 120 Å². The topological polar surface area (TPSA) is 248 Å². The molecule has 1 aromatic heterocycles. The standard InChI is InChI=1S/C49H72N10O11/c1-48(2,3)69-44(64)33-56-20-18-55(19-21-57(23-22-56)34-45(65)70-49(4,5)6)32-41(60)53-40(12-13-43(62)63)47(67)58-26-24-54(25-27-58)16-8-28-68-36-10-11-39-38(29-36)37(14-15-51-39)46(66)52-31-42(61)59-17-7-9-35(59)30-50/h10-11,14-15,29,35,40H,7-9,12-13,16-28,31-34H2,1-6H3,(H,52,66)(H,53,60)(H,62,63)/t35-,40?/m0/s1. The van der Waals surface area contributed by atoms with Gasteiger partial charge in [0.1, 0.15) is 29.0 Å². The van der Waals surface area contributed by atoms with Crippen LogP contribution in [-0.2, 0) is 38.2 Å². The number of piperazine rings is 1. The van der Waals surface area contributed by atoms with Crippen LogP contribution in [0.25, 0.3) is 10.9 Å². The maximum Gasteiger partial charge on any atom is 0.320 e. The third-order valence-electron chi connectivity index (χ3n) is 12.0. The van der Waals surface area contributed by atoms with E-state index in [0.717, 1.165) is 6.42 Å². The number of carbonyl (C=O) groups excluding carboxylic acids is 6. The van der Waals surface area contributed by atoms with Crippen molar-refractivity contribution < 1.29 is 52.9 Å². The largest absolute Gasteiger partial charge is 0.494 e. The molecule has 3 aliphatic heterocycles. The van der Waals surface area contributed by atoms with Crippen molar-refractivity contribution in [1.82, 2.24) is 45.0 Å². The number of carboxylic acid groups (broad SMARTS) is 1. The molecule has 4 amide bonds. The van der Waals surface area contributed by atoms with E-state index in [1.807, 2.05) is 14.7 Å². The lowest BCUT2D eigenvalue weighted by Gasteiger charge is -2.36. The van der Waals surface area contributed by atoms with E-state index < -0.39 is 41.1 Å². The number of benzene rings is 1. The summed E-state index contributed by atoms with van der Waals surface area (Å²) in [5.41, 5.74) is -0.396. The number of likely N-dealkylation sites (tertiary alicyclic amines) is 1. The molecule has 1 aromatic carbocycles. The van der Waals surface area contributed by atoms with Gasteiger partial charge < -0.3 is 39.8 Å². The zero-order chi connectivity index (χ0) is 51.0. The Balaban J connectivity index is 1.10. The maximum absolute atomic E-state index is 13.9. The molecule has 3 fully saturated rings. The van der Waals surface area contributed by atoms with Crippen molar-refractivity contribution in [3.63, 3.8) is 0 Å². The molecule has 3 N–H and O–H groups in total. The van der Waals surface area contributed by atoms with Crippen molar-refractivity contribution in [2.45, 2.75) is 96.9 Å². The molecular weight excluding hydrogens is 905 g/mol. The molecule has 0 saturated carbocycles. The van der Waals surface area contributed by atoms with Gasteiger partial charge in [-0.25, -0.2) is 0 Å². The Hall–Kier alpha value is -5.95. The van der Waals surface area contributed by atoms with Gasteiger partial charge in [-0.05, 0) is 91.5 Å². The summed E-state index contributed by atoms with van der Waals surface area (Å²) in [6.07, 6.45) is 3.18. The summed E-state index contributed by atoms with van der Waals surface area (Å²) in [6.45, 7) is 16.6. The van der Waals surface area contributed by atoms with Crippen LogP contribution in [0.3, 0.4) is 0 Å². The molecule has 2 atom stereocenters. The number of nitriles is 1. The Morgan fingerprint density at radius 2 is 1.39 bits per heavy atom. The number of nitrogens with one attached hydrogen (secondary N) is 2. The fourth-order valence-electron chi connectivity index (χ4n) is 8.59. The number of hydrogen-bond acceptors (Lipinski definition) is 16. The SMILES string of the molecule is CC(C)(C)OC(=O)CN1CCN(CC(=O)NC(CCC(=O)O)C(=O)N2CCN(CCCOc3ccc4nccc(C(=O)NCC(=O)N5CCC[C@H]5C#N)c4c3)CC2)CCN(CC(=O)OC(C)(C)C)CC1. The van der Waals surface area contributed by atoms with E-state index >= 15 is 0 Å². The van der Waals surface area contributed by atoms with Gasteiger partial charge in [-0.3, -0.25) is 58.1 Å². The fourth-order valence-corrected chi connectivity index (χ4v) is 8.59. The highest BCUT2D eigenvalue weighted by Crippen LogP contribution is 2.24. The van der Waals surface area contributed by atoms with Crippen LogP contribution in [0.2, 0.25) is 0 Å². The molecule has 0 radical (unpaired) electrons. The molecule has 4 heterocycles. The summed E-state index contributed by atoms with van der Waals surface area (Å²) in [6, 6.07) is 7.49. The molecular formula is C49H72N10O11. The van der Waals surface area contributed by atoms with E-state index in [9.17, 15) is 43.9 Å². The van der Waals surface area contributed by atoms with Gasteiger partial charge in [0.25, 0.3) is 5.91 Å². The summed E-state index contributed by atoms with van der Waals surface area (Å²) < 4.78 is 17.2. The number of aliphatic carboxylic acids is 1. The van der Waals surface area contributed by atoms with Crippen molar-refractivity contribution in [2.24, 2.45) is 0 Å². The van der Waals surface area contributed by atoms with Crippen molar-refractivity contribution in [1.29, 1.82) is 5.26 Å². The monoisotopic (exact) mass is 977 g/mol. The quantitative estimate of drug-likeness (QED) is 0.133. The van der Waals surface area contributed by atoms with Crippen LogP contribution < -0.4 is 15.4 Å². The first-order chi connectivity index (χ1) is 33.2. The van der Waals surface area contributed by atoms with Gasteiger partial charge in [0, 0.05) is 96.5 Å². The number of nitrogens with zero attached hydrogens (tertiary/aromatic N) is 8. The van der Waals surface area contributed by atoms with Crippen molar-refractivity contribution in [3.8, 4) is 11.8 Å². The number of aromatic nitrogens is 1. The molecule has 3 aliphatic rings. The minimum absolute atomic E-state index is 0.0240. The van der Waals surface area contributed by atoms with Gasteiger partial charge in [-0.2, -0.15) is 5.26 Å². The van der Waals surface area contributed by atoms with E-state index in [4.69, 9.17) is 14.2 Å². The van der Waals surface area contributed by atoms with Crippen molar-refractivity contribution in [2.75, 3.05) is 111 Å². The molecule has 1 unspecified atom stereocenters. The van der Waals surface area contributed by atoms with Crippen LogP contribution in [0.4, 0.5) is 0 Å². The number of amides is 4. The second-order valence-corrected chi connectivity index (χ2v) is 20.0. The van der Waals surface area contributed by atoms with Crippen LogP contribution in [0.5, 0.6) is 5.75 Å². The summed E-state index contributed by atoms with van der Waals surface area (Å²) in [4.78, 5) is 106. The number of pyridine rings is 1. The van der Waals surface area contributed by atoms with Gasteiger partial charge in [0.15, 0.2) is 0 Å². The van der Waals surface area contributed by atoms with Gasteiger partial charge in [-0.1, -0.05) is 0 Å². The molecule has 70 heavy (non-hydrogen) atoms. The summed E-state index contributed by atoms with van der Waals surface area (Å²) >= 11 is 0. The molecule has 0 aliphatic carbocycles. The molecule has 2 aromatic rings. The van der Waals surface area contributed by atoms with E-state index in [1.54, 1.807) is 70.7 Å². The summed E-state index contributed by atoms with van der Waals surface area (Å²) in [5, 5.41) is 25.0. The number of ether oxygens (including phenoxy) is 3. The van der Waals surface area contributed by atoms with Crippen molar-refractivity contribution in [3.05, 3.63) is 36.0 Å². The highest BCUT2D eigenvalue weighted by atomic mass is 16.6. The first-order valence-corrected chi connectivity index (χ1v) is 24.3. The Kier molecular flexibility index (Phi) is 20.2. The maximum atomic E-state index is 13.9. The van der Waals surface area contributed by atoms with Crippen molar-refractivity contribution >= 4 is 52.4 Å². The number of rotatable bonds is 19. The minimum atomic E-state index is -1.09. The summed E-state index contributed by atoms with van der Waals surface area (Å²) in [7, 11) is 0. The van der Waals surface area contributed by atoms with Gasteiger partial charge in [0.2, 0.25) is 17.7 Å². The predicted octanol–water partition coefficient (Wildman–Crippen LogP) is 1.34. The van der Waals surface area contributed by atoms with Crippen LogP contribution in [0.15, 0.2) is 30.5 Å². The number of fused-ring (bicyclic) bond motifs is 1. The van der Waals surface area contributed by atoms with Gasteiger partial charge in [-0.15, -0.1) is 0 Å². The molecule has 21 heteroatoms. The molecule has 0 spiro atoms. The van der Waals surface area contributed by atoms with Crippen LogP contribution in [0, 0.1) is 11.3 Å². The Bertz CT molecular complexity index is 2160. The summed E-state index contributed by atoms with van der Waals surface area (Å²) in [5.74, 6) is -2.84. The van der Waals surface area contributed by atoms with Gasteiger partial charge >= 0.3 is 17.9 Å².